The molecule has 0 radical (unpaired) electrons. The summed E-state index contributed by atoms with van der Waals surface area (Å²) < 4.78 is 12.9. The Hall–Kier alpha value is -1.38. The Kier molecular flexibility index (Phi) is 16.6. The molecule has 0 aliphatic carbocycles. The first-order valence-corrected chi connectivity index (χ1v) is 8.59. The average molecular weight is 311 g/mol. The molecule has 1 rings (SSSR count). The number of benzene rings is 1. The monoisotopic (exact) mass is 311 g/mol. The molecule has 0 heterocycles. The number of rotatable bonds is 7. The van der Waals surface area contributed by atoms with Gasteiger partial charge in [0.15, 0.2) is 0 Å². The summed E-state index contributed by atoms with van der Waals surface area (Å²) in [4.78, 5) is 11.5. The van der Waals surface area contributed by atoms with Gasteiger partial charge < -0.3 is 5.32 Å². The van der Waals surface area contributed by atoms with Crippen molar-refractivity contribution in [2.75, 3.05) is 0 Å². The van der Waals surface area contributed by atoms with Crippen LogP contribution < -0.4 is 5.32 Å². The van der Waals surface area contributed by atoms with E-state index in [2.05, 4.69) is 19.2 Å². The van der Waals surface area contributed by atoms with E-state index in [-0.39, 0.29) is 11.7 Å². The van der Waals surface area contributed by atoms with Gasteiger partial charge in [-0.25, -0.2) is 4.39 Å². The number of hydrogen-bond donors (Lipinski definition) is 1. The quantitative estimate of drug-likeness (QED) is 0.642. The molecule has 2 nitrogen and oxygen atoms in total. The summed E-state index contributed by atoms with van der Waals surface area (Å²) in [5, 5.41) is 2.81. The number of hydrogen-bond acceptors (Lipinski definition) is 1. The van der Waals surface area contributed by atoms with Gasteiger partial charge in [-0.05, 0) is 30.0 Å². The molecular formula is C19H34FNO. The lowest BCUT2D eigenvalue weighted by molar-refractivity contribution is -0.121. The number of amides is 1. The van der Waals surface area contributed by atoms with Crippen LogP contribution in [-0.4, -0.2) is 5.91 Å². The standard InChI is InChI=1S/C15H22FNO.2C2H6/c1-12(2)6-3-4-9-15(18)17-11-13-7-5-8-14(16)10-13;2*1-2/h5,7-8,10,12H,3-4,6,9,11H2,1-2H3,(H,17,18);2*1-2H3. The molecule has 0 saturated heterocycles. The van der Waals surface area contributed by atoms with Crippen molar-refractivity contribution in [1.82, 2.24) is 5.32 Å². The normalized spacial score (nSPS) is 9.27. The summed E-state index contributed by atoms with van der Waals surface area (Å²) in [7, 11) is 0. The third-order valence-electron chi connectivity index (χ3n) is 2.81. The van der Waals surface area contributed by atoms with E-state index in [1.165, 1.54) is 12.1 Å². The summed E-state index contributed by atoms with van der Waals surface area (Å²) in [6.07, 6.45) is 3.73. The van der Waals surface area contributed by atoms with Crippen LogP contribution in [0.3, 0.4) is 0 Å². The van der Waals surface area contributed by atoms with Gasteiger partial charge in [-0.15, -0.1) is 0 Å². The number of halogens is 1. The molecule has 0 fully saturated rings. The van der Waals surface area contributed by atoms with Gasteiger partial charge in [0, 0.05) is 13.0 Å². The highest BCUT2D eigenvalue weighted by Crippen LogP contribution is 2.08. The largest absolute Gasteiger partial charge is 0.352 e. The zero-order valence-corrected chi connectivity index (χ0v) is 15.2. The third-order valence-corrected chi connectivity index (χ3v) is 2.81. The van der Waals surface area contributed by atoms with Crippen molar-refractivity contribution in [1.29, 1.82) is 0 Å². The van der Waals surface area contributed by atoms with Crippen LogP contribution in [-0.2, 0) is 11.3 Å². The van der Waals surface area contributed by atoms with Crippen LogP contribution in [0, 0.1) is 11.7 Å². The molecule has 1 amide bonds. The molecular weight excluding hydrogens is 277 g/mol. The summed E-state index contributed by atoms with van der Waals surface area (Å²) in [6.45, 7) is 12.8. The third kappa shape index (κ3) is 13.6. The van der Waals surface area contributed by atoms with Crippen LogP contribution in [0.25, 0.3) is 0 Å². The van der Waals surface area contributed by atoms with E-state index in [1.54, 1.807) is 6.07 Å². The second kappa shape index (κ2) is 16.0. The first-order valence-electron chi connectivity index (χ1n) is 8.59. The molecule has 1 aromatic rings. The average Bonchev–Trinajstić information content (AvgIpc) is 2.53. The molecule has 0 atom stereocenters. The van der Waals surface area contributed by atoms with Gasteiger partial charge in [0.1, 0.15) is 5.82 Å². The molecule has 3 heteroatoms. The van der Waals surface area contributed by atoms with E-state index >= 15 is 0 Å². The number of carbonyl (C=O) groups is 1. The lowest BCUT2D eigenvalue weighted by Gasteiger charge is -2.06. The minimum atomic E-state index is -0.265. The second-order valence-corrected chi connectivity index (χ2v) is 5.05. The van der Waals surface area contributed by atoms with Crippen LogP contribution in [0.5, 0.6) is 0 Å². The molecule has 0 aromatic heterocycles. The zero-order chi connectivity index (χ0) is 17.4. The van der Waals surface area contributed by atoms with Crippen molar-refractivity contribution in [2.45, 2.75) is 73.8 Å². The highest BCUT2D eigenvalue weighted by molar-refractivity contribution is 5.75. The Bertz CT molecular complexity index is 377. The van der Waals surface area contributed by atoms with Crippen molar-refractivity contribution in [3.05, 3.63) is 35.6 Å². The van der Waals surface area contributed by atoms with E-state index in [0.29, 0.717) is 18.9 Å². The molecule has 1 aromatic carbocycles. The highest BCUT2D eigenvalue weighted by Gasteiger charge is 2.02. The first kappa shape index (κ1) is 22.9. The fourth-order valence-corrected chi connectivity index (χ4v) is 1.77. The maximum Gasteiger partial charge on any atom is 0.220 e. The second-order valence-electron chi connectivity index (χ2n) is 5.05. The van der Waals surface area contributed by atoms with E-state index in [1.807, 2.05) is 33.8 Å². The van der Waals surface area contributed by atoms with Crippen molar-refractivity contribution in [2.24, 2.45) is 5.92 Å². The molecule has 128 valence electrons. The van der Waals surface area contributed by atoms with Crippen molar-refractivity contribution >= 4 is 5.91 Å². The Morgan fingerprint density at radius 3 is 2.32 bits per heavy atom. The highest BCUT2D eigenvalue weighted by atomic mass is 19.1. The molecule has 0 spiro atoms. The van der Waals surface area contributed by atoms with Gasteiger partial charge in [-0.1, -0.05) is 66.5 Å². The topological polar surface area (TPSA) is 29.1 Å². The first-order chi connectivity index (χ1) is 10.6. The van der Waals surface area contributed by atoms with E-state index in [4.69, 9.17) is 0 Å². The summed E-state index contributed by atoms with van der Waals surface area (Å²) >= 11 is 0. The molecule has 22 heavy (non-hydrogen) atoms. The Labute approximate surface area is 136 Å². The lowest BCUT2D eigenvalue weighted by atomic mass is 10.1. The molecule has 0 saturated carbocycles. The minimum Gasteiger partial charge on any atom is -0.352 e. The SMILES string of the molecule is CC.CC.CC(C)CCCCC(=O)NCc1cccc(F)c1. The van der Waals surface area contributed by atoms with Crippen LogP contribution in [0.15, 0.2) is 24.3 Å². The predicted molar refractivity (Wildman–Crippen MR) is 94.2 cm³/mol. The maximum absolute atomic E-state index is 12.9. The molecule has 0 bridgehead atoms. The Balaban J connectivity index is 0. The smallest absolute Gasteiger partial charge is 0.220 e. The van der Waals surface area contributed by atoms with Gasteiger partial charge in [-0.2, -0.15) is 0 Å². The van der Waals surface area contributed by atoms with Crippen LogP contribution in [0.4, 0.5) is 4.39 Å². The molecule has 0 aliphatic heterocycles. The fourth-order valence-electron chi connectivity index (χ4n) is 1.77. The van der Waals surface area contributed by atoms with Gasteiger partial charge in [0.25, 0.3) is 0 Å². The molecule has 0 aliphatic rings. The van der Waals surface area contributed by atoms with Crippen molar-refractivity contribution in [3.63, 3.8) is 0 Å². The maximum atomic E-state index is 12.9. The number of unbranched alkanes of at least 4 members (excludes halogenated alkanes) is 1. The Morgan fingerprint density at radius 1 is 1.14 bits per heavy atom. The fraction of sp³-hybridized carbons (Fsp3) is 0.632. The van der Waals surface area contributed by atoms with Gasteiger partial charge in [0.05, 0.1) is 0 Å². The summed E-state index contributed by atoms with van der Waals surface area (Å²) in [6, 6.07) is 6.30. The number of carbonyl (C=O) groups excluding carboxylic acids is 1. The van der Waals surface area contributed by atoms with Crippen LogP contribution >= 0.6 is 0 Å². The van der Waals surface area contributed by atoms with E-state index in [0.717, 1.165) is 24.8 Å². The summed E-state index contributed by atoms with van der Waals surface area (Å²) in [5.74, 6) is 0.474. The van der Waals surface area contributed by atoms with Crippen molar-refractivity contribution in [3.8, 4) is 0 Å². The van der Waals surface area contributed by atoms with Gasteiger partial charge >= 0.3 is 0 Å². The minimum absolute atomic E-state index is 0.0445. The van der Waals surface area contributed by atoms with Gasteiger partial charge in [0.2, 0.25) is 5.91 Å². The van der Waals surface area contributed by atoms with E-state index < -0.39 is 0 Å². The van der Waals surface area contributed by atoms with Gasteiger partial charge in [-0.3, -0.25) is 4.79 Å². The van der Waals surface area contributed by atoms with Crippen LogP contribution in [0.2, 0.25) is 0 Å². The number of nitrogens with one attached hydrogen (secondary N) is 1. The zero-order valence-electron chi connectivity index (χ0n) is 15.2. The summed E-state index contributed by atoms with van der Waals surface area (Å²) in [5.41, 5.74) is 0.797. The van der Waals surface area contributed by atoms with E-state index in [9.17, 15) is 9.18 Å². The van der Waals surface area contributed by atoms with Crippen LogP contribution in [0.1, 0.15) is 72.8 Å². The molecule has 1 N–H and O–H groups in total. The predicted octanol–water partition coefficient (Wildman–Crippen LogP) is 5.71. The van der Waals surface area contributed by atoms with Crippen molar-refractivity contribution < 1.29 is 9.18 Å². The lowest BCUT2D eigenvalue weighted by Crippen LogP contribution is -2.22. The Morgan fingerprint density at radius 2 is 1.77 bits per heavy atom. The molecule has 0 unspecified atom stereocenters.